The molecule has 1 aromatic heterocycles. The molecule has 0 amide bonds. The number of ether oxygens (including phenoxy) is 1. The van der Waals surface area contributed by atoms with Crippen molar-refractivity contribution in [3.8, 4) is 23.1 Å². The molecule has 0 aliphatic rings. The molecule has 1 aromatic carbocycles. The van der Waals surface area contributed by atoms with Gasteiger partial charge < -0.3 is 4.74 Å². The van der Waals surface area contributed by atoms with E-state index in [4.69, 9.17) is 10.00 Å². The summed E-state index contributed by atoms with van der Waals surface area (Å²) in [6.45, 7) is 0. The van der Waals surface area contributed by atoms with Crippen molar-refractivity contribution in [1.82, 2.24) is 4.98 Å². The van der Waals surface area contributed by atoms with E-state index in [1.165, 1.54) is 18.2 Å². The lowest BCUT2D eigenvalue weighted by atomic mass is 10.1. The van der Waals surface area contributed by atoms with Gasteiger partial charge in [0.1, 0.15) is 11.6 Å². The number of nitrogens with zero attached hydrogens (tertiary/aromatic N) is 2. The Morgan fingerprint density at radius 2 is 1.94 bits per heavy atom. The monoisotopic (exact) mass is 214 g/mol. The van der Waals surface area contributed by atoms with Gasteiger partial charge in [-0.05, 0) is 35.9 Å². The van der Waals surface area contributed by atoms with Crippen LogP contribution in [0.25, 0.3) is 11.1 Å². The normalized spacial score (nSPS) is 9.50. The molecule has 0 aliphatic carbocycles. The van der Waals surface area contributed by atoms with Crippen LogP contribution in [0.5, 0.6) is 5.75 Å². The standard InChI is InChI=1S/C12H7FN2O/c13-10-1-2-12(16-8-14)11(7-10)9-3-5-15-6-4-9/h1-7H. The molecule has 2 rings (SSSR count). The van der Waals surface area contributed by atoms with Crippen LogP contribution in [-0.4, -0.2) is 4.98 Å². The molecule has 16 heavy (non-hydrogen) atoms. The van der Waals surface area contributed by atoms with E-state index >= 15 is 0 Å². The lowest BCUT2D eigenvalue weighted by molar-refractivity contribution is 0.506. The van der Waals surface area contributed by atoms with Crippen LogP contribution >= 0.6 is 0 Å². The zero-order valence-electron chi connectivity index (χ0n) is 8.22. The van der Waals surface area contributed by atoms with Crippen LogP contribution in [0.3, 0.4) is 0 Å². The average Bonchev–Trinajstić information content (AvgIpc) is 2.33. The van der Waals surface area contributed by atoms with Gasteiger partial charge in [-0.3, -0.25) is 4.98 Å². The first-order valence-electron chi connectivity index (χ1n) is 4.57. The summed E-state index contributed by atoms with van der Waals surface area (Å²) in [7, 11) is 0. The van der Waals surface area contributed by atoms with E-state index in [0.29, 0.717) is 11.3 Å². The van der Waals surface area contributed by atoms with Gasteiger partial charge in [0.15, 0.2) is 0 Å². The number of aromatic nitrogens is 1. The number of benzene rings is 1. The Hall–Kier alpha value is -2.41. The smallest absolute Gasteiger partial charge is 0.292 e. The Kier molecular flexibility index (Phi) is 2.79. The second-order valence-corrected chi connectivity index (χ2v) is 3.07. The van der Waals surface area contributed by atoms with Gasteiger partial charge in [-0.1, -0.05) is 0 Å². The summed E-state index contributed by atoms with van der Waals surface area (Å²) in [6.07, 6.45) is 4.76. The van der Waals surface area contributed by atoms with Gasteiger partial charge in [-0.25, -0.2) is 4.39 Å². The van der Waals surface area contributed by atoms with E-state index < -0.39 is 0 Å². The molecule has 0 fully saturated rings. The highest BCUT2D eigenvalue weighted by molar-refractivity contribution is 5.70. The molecular formula is C12H7FN2O. The van der Waals surface area contributed by atoms with E-state index in [9.17, 15) is 4.39 Å². The third-order valence-corrected chi connectivity index (χ3v) is 2.09. The van der Waals surface area contributed by atoms with Crippen molar-refractivity contribution in [1.29, 1.82) is 5.26 Å². The minimum Gasteiger partial charge on any atom is -0.387 e. The van der Waals surface area contributed by atoms with Crippen molar-refractivity contribution in [3.63, 3.8) is 0 Å². The molecule has 0 spiro atoms. The zero-order valence-corrected chi connectivity index (χ0v) is 8.22. The van der Waals surface area contributed by atoms with Gasteiger partial charge in [0.25, 0.3) is 6.26 Å². The van der Waals surface area contributed by atoms with Gasteiger partial charge >= 0.3 is 0 Å². The van der Waals surface area contributed by atoms with Crippen LogP contribution < -0.4 is 4.74 Å². The predicted molar refractivity (Wildman–Crippen MR) is 55.9 cm³/mol. The summed E-state index contributed by atoms with van der Waals surface area (Å²) in [6, 6.07) is 7.44. The van der Waals surface area contributed by atoms with E-state index in [1.807, 2.05) is 0 Å². The summed E-state index contributed by atoms with van der Waals surface area (Å²) >= 11 is 0. The molecule has 0 aliphatic heterocycles. The predicted octanol–water partition coefficient (Wildman–Crippen LogP) is 2.75. The number of halogens is 1. The Morgan fingerprint density at radius 3 is 2.62 bits per heavy atom. The second-order valence-electron chi connectivity index (χ2n) is 3.07. The molecule has 0 atom stereocenters. The maximum Gasteiger partial charge on any atom is 0.292 e. The van der Waals surface area contributed by atoms with Crippen LogP contribution in [0.1, 0.15) is 0 Å². The lowest BCUT2D eigenvalue weighted by Gasteiger charge is -2.06. The largest absolute Gasteiger partial charge is 0.387 e. The van der Waals surface area contributed by atoms with Crippen LogP contribution in [0.4, 0.5) is 4.39 Å². The highest BCUT2D eigenvalue weighted by atomic mass is 19.1. The molecule has 4 heteroatoms. The van der Waals surface area contributed by atoms with Crippen LogP contribution in [0.2, 0.25) is 0 Å². The Bertz CT molecular complexity index is 534. The highest BCUT2D eigenvalue weighted by Gasteiger charge is 2.07. The summed E-state index contributed by atoms with van der Waals surface area (Å²) in [5, 5.41) is 8.48. The molecule has 2 aromatic rings. The van der Waals surface area contributed by atoms with E-state index in [-0.39, 0.29) is 5.82 Å². The molecule has 78 valence electrons. The quantitative estimate of drug-likeness (QED) is 0.722. The molecule has 1 heterocycles. The maximum absolute atomic E-state index is 13.1. The van der Waals surface area contributed by atoms with Gasteiger partial charge in [-0.2, -0.15) is 0 Å². The molecule has 0 saturated carbocycles. The van der Waals surface area contributed by atoms with Gasteiger partial charge in [-0.15, -0.1) is 5.26 Å². The second kappa shape index (κ2) is 4.41. The number of pyridine rings is 1. The van der Waals surface area contributed by atoms with Crippen molar-refractivity contribution in [2.75, 3.05) is 0 Å². The van der Waals surface area contributed by atoms with Gasteiger partial charge in [0.05, 0.1) is 0 Å². The van der Waals surface area contributed by atoms with E-state index in [2.05, 4.69) is 4.98 Å². The molecular weight excluding hydrogens is 207 g/mol. The van der Waals surface area contributed by atoms with Gasteiger partial charge in [0.2, 0.25) is 0 Å². The molecule has 0 bridgehead atoms. The number of nitriles is 1. The minimum absolute atomic E-state index is 0.329. The third-order valence-electron chi connectivity index (χ3n) is 2.09. The first kappa shape index (κ1) is 10.1. The Balaban J connectivity index is 2.55. The summed E-state index contributed by atoms with van der Waals surface area (Å²) in [5.41, 5.74) is 1.28. The van der Waals surface area contributed by atoms with Crippen molar-refractivity contribution < 1.29 is 9.13 Å². The summed E-state index contributed by atoms with van der Waals surface area (Å²) in [4.78, 5) is 3.87. The van der Waals surface area contributed by atoms with Crippen molar-refractivity contribution in [3.05, 3.63) is 48.5 Å². The van der Waals surface area contributed by atoms with Crippen LogP contribution in [-0.2, 0) is 0 Å². The van der Waals surface area contributed by atoms with Crippen LogP contribution in [0.15, 0.2) is 42.7 Å². The number of rotatable bonds is 2. The average molecular weight is 214 g/mol. The fourth-order valence-corrected chi connectivity index (χ4v) is 1.40. The van der Waals surface area contributed by atoms with Crippen molar-refractivity contribution >= 4 is 0 Å². The Labute approximate surface area is 91.7 Å². The number of hydrogen-bond donors (Lipinski definition) is 0. The molecule has 0 saturated heterocycles. The molecule has 0 radical (unpaired) electrons. The fourth-order valence-electron chi connectivity index (χ4n) is 1.40. The van der Waals surface area contributed by atoms with Crippen molar-refractivity contribution in [2.45, 2.75) is 0 Å². The molecule has 3 nitrogen and oxygen atoms in total. The number of hydrogen-bond acceptors (Lipinski definition) is 3. The zero-order chi connectivity index (χ0) is 11.4. The fraction of sp³-hybridized carbons (Fsp3) is 0. The van der Waals surface area contributed by atoms with Crippen LogP contribution in [0, 0.1) is 17.3 Å². The Morgan fingerprint density at radius 1 is 1.19 bits per heavy atom. The van der Waals surface area contributed by atoms with Gasteiger partial charge in [0, 0.05) is 18.0 Å². The minimum atomic E-state index is -0.378. The maximum atomic E-state index is 13.1. The third kappa shape index (κ3) is 1.98. The first-order chi connectivity index (χ1) is 7.81. The van der Waals surface area contributed by atoms with E-state index in [0.717, 1.165) is 5.56 Å². The summed E-state index contributed by atoms with van der Waals surface area (Å²) < 4.78 is 17.9. The van der Waals surface area contributed by atoms with Crippen molar-refractivity contribution in [2.24, 2.45) is 0 Å². The lowest BCUT2D eigenvalue weighted by Crippen LogP contribution is -1.88. The SMILES string of the molecule is N#COc1ccc(F)cc1-c1ccncc1. The highest BCUT2D eigenvalue weighted by Crippen LogP contribution is 2.30. The molecule has 0 unspecified atom stereocenters. The summed E-state index contributed by atoms with van der Waals surface area (Å²) in [5.74, 6) is -0.0489. The van der Waals surface area contributed by atoms with E-state index in [1.54, 1.807) is 30.8 Å². The molecule has 0 N–H and O–H groups in total. The first-order valence-corrected chi connectivity index (χ1v) is 4.57. The topological polar surface area (TPSA) is 45.9 Å².